The van der Waals surface area contributed by atoms with Gasteiger partial charge in [-0.3, -0.25) is 0 Å². The van der Waals surface area contributed by atoms with Crippen molar-refractivity contribution < 1.29 is 9.21 Å². The first-order valence-electron chi connectivity index (χ1n) is 5.17. The first-order chi connectivity index (χ1) is 7.38. The van der Waals surface area contributed by atoms with Crippen LogP contribution < -0.4 is 0 Å². The molecule has 1 aliphatic carbocycles. The number of nitrogens with zero attached hydrogens (tertiary/aromatic N) is 1. The summed E-state index contributed by atoms with van der Waals surface area (Å²) in [5.41, 5.74) is 1.74. The van der Waals surface area contributed by atoms with Crippen molar-refractivity contribution in [3.8, 4) is 0 Å². The van der Waals surface area contributed by atoms with Crippen LogP contribution in [0.3, 0.4) is 0 Å². The highest BCUT2D eigenvalue weighted by molar-refractivity contribution is 5.72. The van der Waals surface area contributed by atoms with Crippen molar-refractivity contribution in [2.24, 2.45) is 5.92 Å². The summed E-state index contributed by atoms with van der Waals surface area (Å²) >= 11 is 0. The van der Waals surface area contributed by atoms with Gasteiger partial charge in [-0.15, -0.1) is 0 Å². The van der Waals surface area contributed by atoms with Crippen LogP contribution >= 0.6 is 0 Å². The molecule has 1 aromatic heterocycles. The second kappa shape index (κ2) is 3.19. The molecule has 1 saturated carbocycles. The minimum atomic E-state index is 0.364. The van der Waals surface area contributed by atoms with Crippen LogP contribution in [0.5, 0.6) is 0 Å². The maximum Gasteiger partial charge on any atom is 0.198 e. The molecule has 2 atom stereocenters. The summed E-state index contributed by atoms with van der Waals surface area (Å²) in [4.78, 5) is 14.8. The van der Waals surface area contributed by atoms with Gasteiger partial charge >= 0.3 is 0 Å². The van der Waals surface area contributed by atoms with E-state index in [2.05, 4.69) is 4.98 Å². The molecule has 3 rings (SSSR count). The van der Waals surface area contributed by atoms with Crippen molar-refractivity contribution in [2.45, 2.75) is 18.8 Å². The van der Waals surface area contributed by atoms with Crippen LogP contribution in [0.1, 0.15) is 24.7 Å². The first-order valence-corrected chi connectivity index (χ1v) is 5.17. The van der Waals surface area contributed by atoms with Crippen molar-refractivity contribution in [1.82, 2.24) is 4.98 Å². The van der Waals surface area contributed by atoms with Gasteiger partial charge in [0.05, 0.1) is 0 Å². The van der Waals surface area contributed by atoms with Gasteiger partial charge in [-0.05, 0) is 24.5 Å². The average Bonchev–Trinajstić information content (AvgIpc) is 2.89. The van der Waals surface area contributed by atoms with Crippen LogP contribution in [0.2, 0.25) is 0 Å². The fraction of sp³-hybridized carbons (Fsp3) is 0.333. The minimum absolute atomic E-state index is 0.364. The molecule has 1 aromatic carbocycles. The van der Waals surface area contributed by atoms with E-state index in [0.717, 1.165) is 29.7 Å². The number of aldehydes is 1. The molecule has 0 bridgehead atoms. The molecule has 0 amide bonds. The number of benzene rings is 1. The van der Waals surface area contributed by atoms with E-state index in [0.29, 0.717) is 18.3 Å². The lowest BCUT2D eigenvalue weighted by Gasteiger charge is -1.88. The molecule has 1 heterocycles. The van der Waals surface area contributed by atoms with Crippen LogP contribution in [0.25, 0.3) is 11.1 Å². The van der Waals surface area contributed by atoms with E-state index in [1.165, 1.54) is 0 Å². The Labute approximate surface area is 87.1 Å². The summed E-state index contributed by atoms with van der Waals surface area (Å²) in [7, 11) is 0. The Morgan fingerprint density at radius 2 is 2.33 bits per heavy atom. The zero-order chi connectivity index (χ0) is 10.3. The summed E-state index contributed by atoms with van der Waals surface area (Å²) in [5.74, 6) is 1.61. The maximum absolute atomic E-state index is 10.4. The van der Waals surface area contributed by atoms with Crippen LogP contribution in [0, 0.1) is 5.92 Å². The molecule has 3 heteroatoms. The number of fused-ring (bicyclic) bond motifs is 1. The van der Waals surface area contributed by atoms with Crippen LogP contribution in [0.15, 0.2) is 28.7 Å². The molecule has 76 valence electrons. The number of aromatic nitrogens is 1. The largest absolute Gasteiger partial charge is 0.440 e. The monoisotopic (exact) mass is 201 g/mol. The Bertz CT molecular complexity index is 470. The molecule has 0 N–H and O–H groups in total. The van der Waals surface area contributed by atoms with E-state index in [1.807, 2.05) is 24.3 Å². The van der Waals surface area contributed by atoms with Gasteiger partial charge in [0.25, 0.3) is 0 Å². The highest BCUT2D eigenvalue weighted by Gasteiger charge is 2.41. The first kappa shape index (κ1) is 8.65. The molecule has 2 aromatic rings. The zero-order valence-corrected chi connectivity index (χ0v) is 8.22. The van der Waals surface area contributed by atoms with E-state index in [9.17, 15) is 4.79 Å². The van der Waals surface area contributed by atoms with Crippen LogP contribution in [-0.2, 0) is 4.79 Å². The number of hydrogen-bond acceptors (Lipinski definition) is 3. The predicted molar refractivity (Wildman–Crippen MR) is 55.5 cm³/mol. The van der Waals surface area contributed by atoms with Crippen LogP contribution in [0.4, 0.5) is 0 Å². The summed E-state index contributed by atoms with van der Waals surface area (Å²) in [6.45, 7) is 0. The third kappa shape index (κ3) is 1.44. The van der Waals surface area contributed by atoms with Crippen LogP contribution in [-0.4, -0.2) is 11.3 Å². The van der Waals surface area contributed by atoms with Gasteiger partial charge < -0.3 is 9.21 Å². The number of rotatable bonds is 3. The molecule has 2 unspecified atom stereocenters. The quantitative estimate of drug-likeness (QED) is 0.716. The minimum Gasteiger partial charge on any atom is -0.440 e. The lowest BCUT2D eigenvalue weighted by molar-refractivity contribution is -0.108. The second-order valence-electron chi connectivity index (χ2n) is 4.02. The number of hydrogen-bond donors (Lipinski definition) is 0. The van der Waals surface area contributed by atoms with Crippen molar-refractivity contribution in [2.75, 3.05) is 0 Å². The number of carbonyl (C=O) groups excluding carboxylic acids is 1. The Balaban J connectivity index is 1.90. The summed E-state index contributed by atoms with van der Waals surface area (Å²) in [5, 5.41) is 0. The standard InChI is InChI=1S/C12H11NO2/c14-6-5-8-7-9(8)12-13-10-3-1-2-4-11(10)15-12/h1-4,6,8-9H,5,7H2. The van der Waals surface area contributed by atoms with E-state index in [1.54, 1.807) is 0 Å². The Morgan fingerprint density at radius 3 is 3.13 bits per heavy atom. The number of oxazole rings is 1. The molecule has 0 saturated heterocycles. The Morgan fingerprint density at radius 1 is 1.47 bits per heavy atom. The van der Waals surface area contributed by atoms with Crippen molar-refractivity contribution in [1.29, 1.82) is 0 Å². The number of carbonyl (C=O) groups is 1. The molecule has 0 radical (unpaired) electrons. The van der Waals surface area contributed by atoms with E-state index >= 15 is 0 Å². The molecule has 15 heavy (non-hydrogen) atoms. The molecular formula is C12H11NO2. The third-order valence-corrected chi connectivity index (χ3v) is 2.95. The maximum atomic E-state index is 10.4. The molecule has 1 aliphatic rings. The zero-order valence-electron chi connectivity index (χ0n) is 8.22. The van der Waals surface area contributed by atoms with Gasteiger partial charge in [0.15, 0.2) is 11.5 Å². The van der Waals surface area contributed by atoms with E-state index in [-0.39, 0.29) is 0 Å². The molecular weight excluding hydrogens is 190 g/mol. The summed E-state index contributed by atoms with van der Waals surface area (Å²) in [6.07, 6.45) is 2.64. The van der Waals surface area contributed by atoms with Crippen molar-refractivity contribution in [3.05, 3.63) is 30.2 Å². The van der Waals surface area contributed by atoms with E-state index < -0.39 is 0 Å². The topological polar surface area (TPSA) is 43.1 Å². The molecule has 0 spiro atoms. The lowest BCUT2D eigenvalue weighted by Crippen LogP contribution is -1.84. The van der Waals surface area contributed by atoms with Crippen molar-refractivity contribution in [3.63, 3.8) is 0 Å². The molecule has 0 aliphatic heterocycles. The van der Waals surface area contributed by atoms with Gasteiger partial charge in [-0.25, -0.2) is 4.98 Å². The fourth-order valence-electron chi connectivity index (χ4n) is 1.98. The highest BCUT2D eigenvalue weighted by Crippen LogP contribution is 2.49. The lowest BCUT2D eigenvalue weighted by atomic mass is 10.2. The van der Waals surface area contributed by atoms with Gasteiger partial charge in [0.2, 0.25) is 0 Å². The Hall–Kier alpha value is -1.64. The number of para-hydroxylation sites is 2. The third-order valence-electron chi connectivity index (χ3n) is 2.95. The molecule has 1 fully saturated rings. The highest BCUT2D eigenvalue weighted by atomic mass is 16.3. The predicted octanol–water partition coefficient (Wildman–Crippen LogP) is 2.52. The fourth-order valence-corrected chi connectivity index (χ4v) is 1.98. The SMILES string of the molecule is O=CCC1CC1c1nc2ccccc2o1. The van der Waals surface area contributed by atoms with E-state index in [4.69, 9.17) is 4.42 Å². The van der Waals surface area contributed by atoms with Gasteiger partial charge in [0.1, 0.15) is 11.8 Å². The van der Waals surface area contributed by atoms with Gasteiger partial charge in [-0.2, -0.15) is 0 Å². The normalized spacial score (nSPS) is 24.3. The Kier molecular flexibility index (Phi) is 1.84. The van der Waals surface area contributed by atoms with Crippen molar-refractivity contribution >= 4 is 17.4 Å². The summed E-state index contributed by atoms with van der Waals surface area (Å²) < 4.78 is 5.64. The second-order valence-corrected chi connectivity index (χ2v) is 4.02. The van der Waals surface area contributed by atoms with Gasteiger partial charge in [0, 0.05) is 12.3 Å². The molecule has 3 nitrogen and oxygen atoms in total. The smallest absolute Gasteiger partial charge is 0.198 e. The summed E-state index contributed by atoms with van der Waals surface area (Å²) in [6, 6.07) is 7.75. The average molecular weight is 201 g/mol. The van der Waals surface area contributed by atoms with Gasteiger partial charge in [-0.1, -0.05) is 12.1 Å².